The van der Waals surface area contributed by atoms with Crippen molar-refractivity contribution in [1.82, 2.24) is 5.32 Å². The average molecular weight is 302 g/mol. The lowest BCUT2D eigenvalue weighted by Gasteiger charge is -2.11. The van der Waals surface area contributed by atoms with Gasteiger partial charge in [-0.2, -0.15) is 11.8 Å². The fourth-order valence-corrected chi connectivity index (χ4v) is 3.49. The van der Waals surface area contributed by atoms with Crippen molar-refractivity contribution in [2.45, 2.75) is 24.6 Å². The Kier molecular flexibility index (Phi) is 4.55. The number of hydrogen-bond donors (Lipinski definition) is 2. The lowest BCUT2D eigenvalue weighted by Crippen LogP contribution is -2.22. The van der Waals surface area contributed by atoms with Crippen molar-refractivity contribution in [2.24, 2.45) is 0 Å². The maximum absolute atomic E-state index is 9.40. The van der Waals surface area contributed by atoms with E-state index in [1.54, 1.807) is 12.1 Å². The van der Waals surface area contributed by atoms with Gasteiger partial charge in [0.25, 0.3) is 0 Å². The molecule has 1 saturated heterocycles. The van der Waals surface area contributed by atoms with Crippen LogP contribution in [0.5, 0.6) is 5.75 Å². The van der Waals surface area contributed by atoms with Crippen molar-refractivity contribution in [3.05, 3.63) is 28.2 Å². The van der Waals surface area contributed by atoms with E-state index in [0.29, 0.717) is 5.75 Å². The minimum absolute atomic E-state index is 0.329. The van der Waals surface area contributed by atoms with Gasteiger partial charge >= 0.3 is 0 Å². The second-order valence-corrected chi connectivity index (χ2v) is 6.30. The number of rotatable bonds is 4. The van der Waals surface area contributed by atoms with Gasteiger partial charge < -0.3 is 10.4 Å². The van der Waals surface area contributed by atoms with Gasteiger partial charge in [-0.15, -0.1) is 0 Å². The highest BCUT2D eigenvalue weighted by Gasteiger charge is 2.14. The summed E-state index contributed by atoms with van der Waals surface area (Å²) in [5, 5.41) is 13.6. The maximum atomic E-state index is 9.40. The molecule has 88 valence electrons. The average Bonchev–Trinajstić information content (AvgIpc) is 2.76. The number of nitrogens with one attached hydrogen (secondary N) is 1. The first-order valence-corrected chi connectivity index (χ1v) is 7.39. The molecule has 1 aromatic rings. The Hall–Kier alpha value is -0.190. The van der Waals surface area contributed by atoms with Crippen LogP contribution in [-0.4, -0.2) is 22.7 Å². The van der Waals surface area contributed by atoms with Gasteiger partial charge in [0.05, 0.1) is 0 Å². The topological polar surface area (TPSA) is 32.3 Å². The number of thioether (sulfide) groups is 1. The second-order valence-electron chi connectivity index (χ2n) is 4.04. The third-order valence-corrected chi connectivity index (χ3v) is 4.91. The van der Waals surface area contributed by atoms with E-state index in [0.717, 1.165) is 28.4 Å². The molecule has 0 amide bonds. The Morgan fingerprint density at radius 1 is 1.50 bits per heavy atom. The summed E-state index contributed by atoms with van der Waals surface area (Å²) in [5.41, 5.74) is 1.11. The molecule has 1 unspecified atom stereocenters. The predicted molar refractivity (Wildman–Crippen MR) is 73.0 cm³/mol. The van der Waals surface area contributed by atoms with Crippen LogP contribution in [0.4, 0.5) is 0 Å². The third-order valence-electron chi connectivity index (χ3n) is 2.74. The fraction of sp³-hybridized carbons (Fsp3) is 0.500. The van der Waals surface area contributed by atoms with Crippen LogP contribution in [0.2, 0.25) is 0 Å². The fourth-order valence-electron chi connectivity index (χ4n) is 1.87. The normalized spacial score (nSPS) is 20.2. The second kappa shape index (κ2) is 5.94. The predicted octanol–water partition coefficient (Wildman–Crippen LogP) is 3.14. The van der Waals surface area contributed by atoms with Gasteiger partial charge in [0, 0.05) is 22.8 Å². The summed E-state index contributed by atoms with van der Waals surface area (Å²) in [6.07, 6.45) is 2.69. The molecule has 0 aromatic heterocycles. The molecule has 1 heterocycles. The Bertz CT molecular complexity index is 353. The number of aromatic hydroxyl groups is 1. The zero-order valence-corrected chi connectivity index (χ0v) is 11.5. The smallest absolute Gasteiger partial charge is 0.115 e. The summed E-state index contributed by atoms with van der Waals surface area (Å²) in [7, 11) is 0. The summed E-state index contributed by atoms with van der Waals surface area (Å²) in [6.45, 7) is 1.87. The number of phenols is 1. The van der Waals surface area contributed by atoms with Crippen LogP contribution in [0.3, 0.4) is 0 Å². The minimum atomic E-state index is 0.329. The first-order chi connectivity index (χ1) is 7.75. The molecule has 2 nitrogen and oxygen atoms in total. The third kappa shape index (κ3) is 3.40. The highest BCUT2D eigenvalue weighted by molar-refractivity contribution is 9.10. The number of hydrogen-bond acceptors (Lipinski definition) is 3. The summed E-state index contributed by atoms with van der Waals surface area (Å²) >= 11 is 5.55. The van der Waals surface area contributed by atoms with Crippen LogP contribution in [0.25, 0.3) is 0 Å². The molecule has 0 radical (unpaired) electrons. The van der Waals surface area contributed by atoms with Crippen molar-refractivity contribution < 1.29 is 5.11 Å². The molecule has 2 rings (SSSR count). The van der Waals surface area contributed by atoms with Crippen molar-refractivity contribution in [3.8, 4) is 5.75 Å². The van der Waals surface area contributed by atoms with Crippen LogP contribution in [-0.2, 0) is 6.54 Å². The highest BCUT2D eigenvalue weighted by atomic mass is 79.9. The van der Waals surface area contributed by atoms with E-state index in [-0.39, 0.29) is 0 Å². The summed E-state index contributed by atoms with van der Waals surface area (Å²) in [6, 6.07) is 5.38. The number of benzene rings is 1. The first kappa shape index (κ1) is 12.3. The Morgan fingerprint density at radius 3 is 3.12 bits per heavy atom. The lowest BCUT2D eigenvalue weighted by atomic mass is 10.2. The van der Waals surface area contributed by atoms with Crippen LogP contribution < -0.4 is 5.32 Å². The van der Waals surface area contributed by atoms with Crippen LogP contribution in [0.1, 0.15) is 18.4 Å². The Balaban J connectivity index is 1.82. The molecule has 1 fully saturated rings. The van der Waals surface area contributed by atoms with E-state index < -0.39 is 0 Å². The number of phenolic OH excluding ortho intramolecular Hbond substituents is 1. The highest BCUT2D eigenvalue weighted by Crippen LogP contribution is 2.26. The molecule has 1 aliphatic rings. The van der Waals surface area contributed by atoms with Gasteiger partial charge in [0.1, 0.15) is 5.75 Å². The molecule has 1 atom stereocenters. The van der Waals surface area contributed by atoms with Gasteiger partial charge in [-0.1, -0.05) is 15.9 Å². The minimum Gasteiger partial charge on any atom is -0.508 e. The quantitative estimate of drug-likeness (QED) is 0.896. The maximum Gasteiger partial charge on any atom is 0.115 e. The van der Waals surface area contributed by atoms with E-state index in [4.69, 9.17) is 0 Å². The largest absolute Gasteiger partial charge is 0.508 e. The van der Waals surface area contributed by atoms with E-state index in [2.05, 4.69) is 33.0 Å². The summed E-state index contributed by atoms with van der Waals surface area (Å²) < 4.78 is 1.05. The van der Waals surface area contributed by atoms with Gasteiger partial charge in [-0.25, -0.2) is 0 Å². The monoisotopic (exact) mass is 301 g/mol. The lowest BCUT2D eigenvalue weighted by molar-refractivity contribution is 0.474. The molecule has 1 aromatic carbocycles. The van der Waals surface area contributed by atoms with Crippen LogP contribution in [0, 0.1) is 0 Å². The van der Waals surface area contributed by atoms with E-state index >= 15 is 0 Å². The van der Waals surface area contributed by atoms with Gasteiger partial charge in [0.2, 0.25) is 0 Å². The van der Waals surface area contributed by atoms with Gasteiger partial charge in [0.15, 0.2) is 0 Å². The van der Waals surface area contributed by atoms with Gasteiger partial charge in [-0.3, -0.25) is 0 Å². The first-order valence-electron chi connectivity index (χ1n) is 5.55. The van der Waals surface area contributed by atoms with Crippen LogP contribution >= 0.6 is 27.7 Å². The molecule has 16 heavy (non-hydrogen) atoms. The van der Waals surface area contributed by atoms with E-state index in [1.807, 2.05) is 6.07 Å². The van der Waals surface area contributed by atoms with E-state index in [1.165, 1.54) is 18.6 Å². The molecule has 0 spiro atoms. The molecular weight excluding hydrogens is 286 g/mol. The summed E-state index contributed by atoms with van der Waals surface area (Å²) in [5.74, 6) is 1.64. The summed E-state index contributed by atoms with van der Waals surface area (Å²) in [4.78, 5) is 0. The molecule has 0 bridgehead atoms. The molecule has 4 heteroatoms. The zero-order valence-electron chi connectivity index (χ0n) is 9.08. The molecule has 2 N–H and O–H groups in total. The molecule has 0 saturated carbocycles. The van der Waals surface area contributed by atoms with Crippen molar-refractivity contribution >= 4 is 27.7 Å². The SMILES string of the molecule is Oc1ccc(Br)c(CNCC2CCCS2)c1. The molecular formula is C12H16BrNOS. The number of halogens is 1. The Morgan fingerprint density at radius 2 is 2.38 bits per heavy atom. The molecule has 0 aliphatic carbocycles. The van der Waals surface area contributed by atoms with Crippen molar-refractivity contribution in [2.75, 3.05) is 12.3 Å². The van der Waals surface area contributed by atoms with E-state index in [9.17, 15) is 5.11 Å². The zero-order chi connectivity index (χ0) is 11.4. The standard InChI is InChI=1S/C12H16BrNOS/c13-12-4-3-10(15)6-9(12)7-14-8-11-2-1-5-16-11/h3-4,6,11,14-15H,1-2,5,7-8H2. The van der Waals surface area contributed by atoms with Crippen molar-refractivity contribution in [1.29, 1.82) is 0 Å². The van der Waals surface area contributed by atoms with Crippen molar-refractivity contribution in [3.63, 3.8) is 0 Å². The van der Waals surface area contributed by atoms with Gasteiger partial charge in [-0.05, 0) is 42.4 Å². The molecule has 1 aliphatic heterocycles. The Labute approximate surface area is 109 Å². The van der Waals surface area contributed by atoms with Crippen LogP contribution in [0.15, 0.2) is 22.7 Å².